The first-order valence-electron chi connectivity index (χ1n) is 8.01. The van der Waals surface area contributed by atoms with Gasteiger partial charge in [-0.3, -0.25) is 9.10 Å². The Morgan fingerprint density at radius 3 is 2.43 bits per heavy atom. The zero-order chi connectivity index (χ0) is 21.1. The van der Waals surface area contributed by atoms with Gasteiger partial charge in [-0.25, -0.2) is 8.42 Å². The number of sulfonamides is 1. The van der Waals surface area contributed by atoms with Crippen LogP contribution >= 0.6 is 0 Å². The molecule has 10 heteroatoms. The number of methoxy groups -OCH3 is 1. The molecule has 0 aliphatic carbocycles. The van der Waals surface area contributed by atoms with E-state index in [0.29, 0.717) is 21.8 Å². The van der Waals surface area contributed by atoms with Gasteiger partial charge in [-0.2, -0.15) is 13.2 Å². The van der Waals surface area contributed by atoms with Crippen molar-refractivity contribution in [1.82, 2.24) is 0 Å². The first-order chi connectivity index (χ1) is 12.9. The van der Waals surface area contributed by atoms with Gasteiger partial charge in [0.25, 0.3) is 0 Å². The molecule has 0 radical (unpaired) electrons. The SMILES string of the molecule is COc1ccc(C)cc1NC(=O)CN(c1cccc(C(F)(F)F)c1)S(C)(=O)=O. The Morgan fingerprint density at radius 1 is 1.18 bits per heavy atom. The fraction of sp³-hybridized carbons (Fsp3) is 0.278. The van der Waals surface area contributed by atoms with Crippen molar-refractivity contribution < 1.29 is 31.1 Å². The van der Waals surface area contributed by atoms with Crippen LogP contribution in [-0.2, 0) is 21.0 Å². The van der Waals surface area contributed by atoms with E-state index in [2.05, 4.69) is 5.32 Å². The molecule has 0 bridgehead atoms. The van der Waals surface area contributed by atoms with Crippen LogP contribution in [0.5, 0.6) is 5.75 Å². The molecule has 0 atom stereocenters. The minimum Gasteiger partial charge on any atom is -0.495 e. The van der Waals surface area contributed by atoms with E-state index in [1.165, 1.54) is 13.2 Å². The summed E-state index contributed by atoms with van der Waals surface area (Å²) in [7, 11) is -2.61. The number of hydrogen-bond donors (Lipinski definition) is 1. The molecule has 1 N–H and O–H groups in total. The van der Waals surface area contributed by atoms with Crippen LogP contribution in [0.2, 0.25) is 0 Å². The van der Waals surface area contributed by atoms with Crippen LogP contribution in [0.4, 0.5) is 24.5 Å². The molecule has 0 saturated heterocycles. The summed E-state index contributed by atoms with van der Waals surface area (Å²) in [6.45, 7) is 1.10. The molecule has 28 heavy (non-hydrogen) atoms. The number of nitrogens with zero attached hydrogens (tertiary/aromatic N) is 1. The summed E-state index contributed by atoms with van der Waals surface area (Å²) in [5.74, 6) is -0.365. The summed E-state index contributed by atoms with van der Waals surface area (Å²) >= 11 is 0. The summed E-state index contributed by atoms with van der Waals surface area (Å²) in [6, 6.07) is 8.80. The third kappa shape index (κ3) is 5.38. The molecule has 2 aromatic rings. The Balaban J connectivity index is 2.32. The number of halogens is 3. The zero-order valence-electron chi connectivity index (χ0n) is 15.4. The Hall–Kier alpha value is -2.75. The van der Waals surface area contributed by atoms with Crippen LogP contribution in [0.3, 0.4) is 0 Å². The number of hydrogen-bond acceptors (Lipinski definition) is 4. The molecule has 2 aromatic carbocycles. The normalized spacial score (nSPS) is 11.8. The second kappa shape index (κ2) is 8.09. The van der Waals surface area contributed by atoms with E-state index in [0.717, 1.165) is 24.0 Å². The zero-order valence-corrected chi connectivity index (χ0v) is 16.2. The number of ether oxygens (including phenoxy) is 1. The van der Waals surface area contributed by atoms with E-state index in [9.17, 15) is 26.4 Å². The predicted octanol–water partition coefficient (Wildman–Crippen LogP) is 3.43. The quantitative estimate of drug-likeness (QED) is 0.783. The molecule has 2 rings (SSSR count). The van der Waals surface area contributed by atoms with Crippen LogP contribution < -0.4 is 14.4 Å². The number of nitrogens with one attached hydrogen (secondary N) is 1. The lowest BCUT2D eigenvalue weighted by atomic mass is 10.2. The minimum atomic E-state index is -4.64. The number of carbonyl (C=O) groups excluding carboxylic acids is 1. The molecule has 152 valence electrons. The third-order valence-electron chi connectivity index (χ3n) is 3.78. The lowest BCUT2D eigenvalue weighted by Crippen LogP contribution is -2.37. The highest BCUT2D eigenvalue weighted by molar-refractivity contribution is 7.92. The lowest BCUT2D eigenvalue weighted by molar-refractivity contribution is -0.137. The average Bonchev–Trinajstić information content (AvgIpc) is 2.58. The maximum atomic E-state index is 12.9. The molecule has 0 unspecified atom stereocenters. The van der Waals surface area contributed by atoms with Crippen molar-refractivity contribution in [3.63, 3.8) is 0 Å². The van der Waals surface area contributed by atoms with Crippen molar-refractivity contribution in [3.8, 4) is 5.75 Å². The molecule has 0 spiro atoms. The summed E-state index contributed by atoms with van der Waals surface area (Å²) in [4.78, 5) is 12.4. The average molecular weight is 416 g/mol. The first-order valence-corrected chi connectivity index (χ1v) is 9.86. The van der Waals surface area contributed by atoms with Crippen LogP contribution in [-0.4, -0.2) is 34.2 Å². The molecule has 0 aliphatic rings. The molecule has 0 saturated carbocycles. The van der Waals surface area contributed by atoms with Crippen LogP contribution in [0, 0.1) is 6.92 Å². The van der Waals surface area contributed by atoms with Gasteiger partial charge in [0.15, 0.2) is 0 Å². The molecule has 0 fully saturated rings. The van der Waals surface area contributed by atoms with Crippen LogP contribution in [0.15, 0.2) is 42.5 Å². The number of rotatable bonds is 6. The Kier molecular flexibility index (Phi) is 6.23. The van der Waals surface area contributed by atoms with Crippen molar-refractivity contribution in [2.75, 3.05) is 29.5 Å². The summed E-state index contributed by atoms with van der Waals surface area (Å²) in [6.07, 6.45) is -3.83. The summed E-state index contributed by atoms with van der Waals surface area (Å²) < 4.78 is 68.8. The summed E-state index contributed by atoms with van der Waals surface area (Å²) in [5, 5.41) is 2.53. The lowest BCUT2D eigenvalue weighted by Gasteiger charge is -2.23. The first kappa shape index (κ1) is 21.5. The van der Waals surface area contributed by atoms with Gasteiger partial charge in [-0.1, -0.05) is 12.1 Å². The van der Waals surface area contributed by atoms with E-state index >= 15 is 0 Å². The third-order valence-corrected chi connectivity index (χ3v) is 4.92. The van der Waals surface area contributed by atoms with E-state index in [1.54, 1.807) is 25.1 Å². The number of amides is 1. The number of anilines is 2. The Morgan fingerprint density at radius 2 is 1.86 bits per heavy atom. The molecular weight excluding hydrogens is 397 g/mol. The van der Waals surface area contributed by atoms with Gasteiger partial charge in [0.1, 0.15) is 12.3 Å². The fourth-order valence-electron chi connectivity index (χ4n) is 2.48. The van der Waals surface area contributed by atoms with Crippen molar-refractivity contribution in [2.45, 2.75) is 13.1 Å². The van der Waals surface area contributed by atoms with E-state index in [4.69, 9.17) is 4.74 Å². The number of benzene rings is 2. The van der Waals surface area contributed by atoms with E-state index < -0.39 is 34.2 Å². The van der Waals surface area contributed by atoms with Gasteiger partial charge in [0.05, 0.1) is 30.3 Å². The topological polar surface area (TPSA) is 75.7 Å². The second-order valence-electron chi connectivity index (χ2n) is 6.07. The minimum absolute atomic E-state index is 0.260. The van der Waals surface area contributed by atoms with Gasteiger partial charge in [-0.05, 0) is 42.8 Å². The maximum absolute atomic E-state index is 12.9. The van der Waals surface area contributed by atoms with Crippen molar-refractivity contribution in [2.24, 2.45) is 0 Å². The largest absolute Gasteiger partial charge is 0.495 e. The van der Waals surface area contributed by atoms with Crippen LogP contribution in [0.25, 0.3) is 0 Å². The Bertz CT molecular complexity index is 975. The maximum Gasteiger partial charge on any atom is 0.416 e. The van der Waals surface area contributed by atoms with Gasteiger partial charge < -0.3 is 10.1 Å². The Labute approximate surface area is 161 Å². The van der Waals surface area contributed by atoms with Crippen molar-refractivity contribution >= 4 is 27.3 Å². The van der Waals surface area contributed by atoms with E-state index in [-0.39, 0.29) is 5.69 Å². The number of carbonyl (C=O) groups is 1. The monoisotopic (exact) mass is 416 g/mol. The number of aryl methyl sites for hydroxylation is 1. The molecular formula is C18H19F3N2O4S. The van der Waals surface area contributed by atoms with Gasteiger partial charge in [0, 0.05) is 0 Å². The predicted molar refractivity (Wildman–Crippen MR) is 100.0 cm³/mol. The second-order valence-corrected chi connectivity index (χ2v) is 7.98. The molecule has 1 amide bonds. The highest BCUT2D eigenvalue weighted by Gasteiger charge is 2.32. The highest BCUT2D eigenvalue weighted by atomic mass is 32.2. The molecule has 0 aliphatic heterocycles. The summed E-state index contributed by atoms with van der Waals surface area (Å²) in [5.41, 5.74) is -0.123. The van der Waals surface area contributed by atoms with Crippen molar-refractivity contribution in [1.29, 1.82) is 0 Å². The van der Waals surface area contributed by atoms with Gasteiger partial charge in [-0.15, -0.1) is 0 Å². The highest BCUT2D eigenvalue weighted by Crippen LogP contribution is 2.32. The van der Waals surface area contributed by atoms with E-state index in [1.807, 2.05) is 0 Å². The fourth-order valence-corrected chi connectivity index (χ4v) is 3.33. The van der Waals surface area contributed by atoms with Gasteiger partial charge >= 0.3 is 6.18 Å². The molecule has 0 heterocycles. The molecule has 0 aromatic heterocycles. The van der Waals surface area contributed by atoms with Crippen molar-refractivity contribution in [3.05, 3.63) is 53.6 Å². The standard InChI is InChI=1S/C18H19F3N2O4S/c1-12-7-8-16(27-2)15(9-12)22-17(24)11-23(28(3,25)26)14-6-4-5-13(10-14)18(19,20)21/h4-10H,11H2,1-3H3,(H,22,24). The van der Waals surface area contributed by atoms with Gasteiger partial charge in [0.2, 0.25) is 15.9 Å². The molecule has 6 nitrogen and oxygen atoms in total. The smallest absolute Gasteiger partial charge is 0.416 e. The number of alkyl halides is 3. The van der Waals surface area contributed by atoms with Crippen LogP contribution in [0.1, 0.15) is 11.1 Å².